The summed E-state index contributed by atoms with van der Waals surface area (Å²) < 4.78 is 13.4. The molecule has 0 aliphatic carbocycles. The van der Waals surface area contributed by atoms with Crippen LogP contribution in [0.1, 0.15) is 24.1 Å². The van der Waals surface area contributed by atoms with Gasteiger partial charge in [-0.2, -0.15) is 0 Å². The van der Waals surface area contributed by atoms with Crippen LogP contribution in [-0.2, 0) is 0 Å². The number of hydrogen-bond acceptors (Lipinski definition) is 2. The summed E-state index contributed by atoms with van der Waals surface area (Å²) in [6, 6.07) is 10.6. The molecule has 4 nitrogen and oxygen atoms in total. The molecule has 3 N–H and O–H groups in total. The van der Waals surface area contributed by atoms with E-state index in [-0.39, 0.29) is 17.5 Å². The summed E-state index contributed by atoms with van der Waals surface area (Å²) in [5.41, 5.74) is 3.94. The minimum atomic E-state index is -0.255. The lowest BCUT2D eigenvalue weighted by Gasteiger charge is -2.16. The first-order valence-corrected chi connectivity index (χ1v) is 6.77. The number of aromatic amines is 2. The van der Waals surface area contributed by atoms with E-state index in [1.165, 1.54) is 12.1 Å². The smallest absolute Gasteiger partial charge is 0.323 e. The van der Waals surface area contributed by atoms with Gasteiger partial charge in [0.05, 0.1) is 11.0 Å². The number of fused-ring (bicyclic) bond motifs is 1. The average Bonchev–Trinajstić information content (AvgIpc) is 2.76. The molecule has 0 saturated carbocycles. The molecule has 108 valence electrons. The molecule has 1 heterocycles. The molecular weight excluding hydrogens is 269 g/mol. The number of rotatable bonds is 3. The minimum Gasteiger partial charge on any atom is -0.378 e. The van der Waals surface area contributed by atoms with E-state index >= 15 is 0 Å². The second-order valence-electron chi connectivity index (χ2n) is 5.27. The van der Waals surface area contributed by atoms with E-state index in [1.807, 2.05) is 38.1 Å². The van der Waals surface area contributed by atoms with Crippen molar-refractivity contribution >= 4 is 16.7 Å². The second-order valence-corrected chi connectivity index (χ2v) is 5.27. The lowest BCUT2D eigenvalue weighted by Crippen LogP contribution is -2.07. The molecule has 1 atom stereocenters. The Balaban J connectivity index is 1.88. The fourth-order valence-electron chi connectivity index (χ4n) is 2.47. The van der Waals surface area contributed by atoms with Gasteiger partial charge in [-0.15, -0.1) is 0 Å². The molecule has 0 bridgehead atoms. The van der Waals surface area contributed by atoms with Crippen LogP contribution in [0, 0.1) is 12.7 Å². The molecular formula is C16H16FN3O. The zero-order chi connectivity index (χ0) is 15.0. The Morgan fingerprint density at radius 2 is 1.86 bits per heavy atom. The second kappa shape index (κ2) is 5.09. The molecule has 0 aliphatic heterocycles. The van der Waals surface area contributed by atoms with Crippen LogP contribution in [0.15, 0.2) is 41.2 Å². The van der Waals surface area contributed by atoms with E-state index in [2.05, 4.69) is 15.3 Å². The quantitative estimate of drug-likeness (QED) is 0.690. The number of H-pyrrole nitrogens is 2. The van der Waals surface area contributed by atoms with Crippen LogP contribution in [-0.4, -0.2) is 9.97 Å². The van der Waals surface area contributed by atoms with Crippen LogP contribution in [0.25, 0.3) is 11.0 Å². The summed E-state index contributed by atoms with van der Waals surface area (Å²) in [6.07, 6.45) is 0. The summed E-state index contributed by atoms with van der Waals surface area (Å²) in [7, 11) is 0. The third-order valence-electron chi connectivity index (χ3n) is 3.47. The SMILES string of the molecule is Cc1cc(F)cc(NC(C)c2ccc3[nH]c(=O)[nH]c3c2)c1. The molecule has 0 aliphatic rings. The number of halogens is 1. The Morgan fingerprint density at radius 3 is 2.62 bits per heavy atom. The number of benzene rings is 2. The maximum atomic E-state index is 13.4. The molecule has 0 radical (unpaired) electrons. The summed E-state index contributed by atoms with van der Waals surface area (Å²) in [5.74, 6) is -0.255. The van der Waals surface area contributed by atoms with E-state index in [4.69, 9.17) is 0 Å². The molecule has 3 rings (SSSR count). The summed E-state index contributed by atoms with van der Waals surface area (Å²) in [5, 5.41) is 3.27. The number of hydrogen-bond donors (Lipinski definition) is 3. The van der Waals surface area contributed by atoms with Gasteiger partial charge in [-0.05, 0) is 55.3 Å². The predicted molar refractivity (Wildman–Crippen MR) is 82.1 cm³/mol. The zero-order valence-corrected chi connectivity index (χ0v) is 11.8. The highest BCUT2D eigenvalue weighted by atomic mass is 19.1. The Hall–Kier alpha value is -2.56. The van der Waals surface area contributed by atoms with E-state index in [9.17, 15) is 9.18 Å². The predicted octanol–water partition coefficient (Wildman–Crippen LogP) is 3.48. The van der Waals surface area contributed by atoms with Crippen LogP contribution in [0.5, 0.6) is 0 Å². The van der Waals surface area contributed by atoms with Gasteiger partial charge in [0, 0.05) is 11.7 Å². The molecule has 1 unspecified atom stereocenters. The van der Waals surface area contributed by atoms with E-state index in [0.29, 0.717) is 0 Å². The lowest BCUT2D eigenvalue weighted by molar-refractivity contribution is 0.626. The van der Waals surface area contributed by atoms with Crippen LogP contribution in [0.4, 0.5) is 10.1 Å². The lowest BCUT2D eigenvalue weighted by atomic mass is 10.1. The molecule has 0 spiro atoms. The van der Waals surface area contributed by atoms with Gasteiger partial charge >= 0.3 is 5.69 Å². The fourth-order valence-corrected chi connectivity index (χ4v) is 2.47. The van der Waals surface area contributed by atoms with Gasteiger partial charge in [0.15, 0.2) is 0 Å². The van der Waals surface area contributed by atoms with Crippen LogP contribution in [0.2, 0.25) is 0 Å². The van der Waals surface area contributed by atoms with Gasteiger partial charge in [0.2, 0.25) is 0 Å². The van der Waals surface area contributed by atoms with Crippen molar-refractivity contribution in [2.75, 3.05) is 5.32 Å². The van der Waals surface area contributed by atoms with E-state index in [1.54, 1.807) is 0 Å². The van der Waals surface area contributed by atoms with E-state index < -0.39 is 0 Å². The molecule has 0 amide bonds. The first-order chi connectivity index (χ1) is 10.0. The van der Waals surface area contributed by atoms with Crippen molar-refractivity contribution in [3.05, 3.63) is 63.8 Å². The molecule has 2 aromatic carbocycles. The molecule has 21 heavy (non-hydrogen) atoms. The highest BCUT2D eigenvalue weighted by Gasteiger charge is 2.08. The third kappa shape index (κ3) is 2.81. The Bertz CT molecular complexity index is 830. The number of aromatic nitrogens is 2. The average molecular weight is 285 g/mol. The van der Waals surface area contributed by atoms with Crippen molar-refractivity contribution in [1.29, 1.82) is 0 Å². The monoisotopic (exact) mass is 285 g/mol. The van der Waals surface area contributed by atoms with Crippen molar-refractivity contribution < 1.29 is 4.39 Å². The highest BCUT2D eigenvalue weighted by molar-refractivity contribution is 5.75. The van der Waals surface area contributed by atoms with Crippen molar-refractivity contribution in [2.45, 2.75) is 19.9 Å². The molecule has 5 heteroatoms. The molecule has 0 fully saturated rings. The number of imidazole rings is 1. The fraction of sp³-hybridized carbons (Fsp3) is 0.188. The van der Waals surface area contributed by atoms with Crippen molar-refractivity contribution in [3.63, 3.8) is 0 Å². The first-order valence-electron chi connectivity index (χ1n) is 6.77. The maximum absolute atomic E-state index is 13.4. The zero-order valence-electron chi connectivity index (χ0n) is 11.8. The van der Waals surface area contributed by atoms with Crippen LogP contribution >= 0.6 is 0 Å². The summed E-state index contributed by atoms with van der Waals surface area (Å²) >= 11 is 0. The number of aryl methyl sites for hydroxylation is 1. The maximum Gasteiger partial charge on any atom is 0.323 e. The van der Waals surface area contributed by atoms with Crippen LogP contribution in [0.3, 0.4) is 0 Å². The summed E-state index contributed by atoms with van der Waals surface area (Å²) in [6.45, 7) is 3.85. The number of nitrogens with one attached hydrogen (secondary N) is 3. The normalized spacial score (nSPS) is 12.5. The highest BCUT2D eigenvalue weighted by Crippen LogP contribution is 2.22. The van der Waals surface area contributed by atoms with E-state index in [0.717, 1.165) is 27.8 Å². The molecule has 0 saturated heterocycles. The number of anilines is 1. The summed E-state index contributed by atoms with van der Waals surface area (Å²) in [4.78, 5) is 16.7. The van der Waals surface area contributed by atoms with Gasteiger partial charge in [-0.3, -0.25) is 0 Å². The minimum absolute atomic E-state index is 0.00555. The Kier molecular flexibility index (Phi) is 3.25. The Morgan fingerprint density at radius 1 is 1.10 bits per heavy atom. The van der Waals surface area contributed by atoms with Gasteiger partial charge < -0.3 is 15.3 Å². The van der Waals surface area contributed by atoms with Crippen molar-refractivity contribution in [3.8, 4) is 0 Å². The van der Waals surface area contributed by atoms with Gasteiger partial charge in [-0.1, -0.05) is 6.07 Å². The standard InChI is InChI=1S/C16H16FN3O/c1-9-5-12(17)8-13(6-9)18-10(2)11-3-4-14-15(7-11)20-16(21)19-14/h3-8,10,18H,1-2H3,(H2,19,20,21). The van der Waals surface area contributed by atoms with Crippen molar-refractivity contribution in [2.24, 2.45) is 0 Å². The topological polar surface area (TPSA) is 60.7 Å². The van der Waals surface area contributed by atoms with Crippen LogP contribution < -0.4 is 11.0 Å². The van der Waals surface area contributed by atoms with Gasteiger partial charge in [0.1, 0.15) is 5.82 Å². The van der Waals surface area contributed by atoms with Gasteiger partial charge in [0.25, 0.3) is 0 Å². The molecule has 1 aromatic heterocycles. The van der Waals surface area contributed by atoms with Crippen molar-refractivity contribution in [1.82, 2.24) is 9.97 Å². The largest absolute Gasteiger partial charge is 0.378 e. The molecule has 3 aromatic rings. The third-order valence-corrected chi connectivity index (χ3v) is 3.47. The van der Waals surface area contributed by atoms with Gasteiger partial charge in [-0.25, -0.2) is 9.18 Å². The Labute approximate surface area is 121 Å². The first kappa shape index (κ1) is 13.4.